The van der Waals surface area contributed by atoms with Gasteiger partial charge in [-0.05, 0) is 0 Å². The normalized spacial score (nSPS) is 17.9. The molecule has 1 aliphatic heterocycles. The highest BCUT2D eigenvalue weighted by Crippen LogP contribution is 1.96. The zero-order valence-electron chi connectivity index (χ0n) is 6.68. The van der Waals surface area contributed by atoms with Gasteiger partial charge in [-0.15, -0.1) is 0 Å². The maximum Gasteiger partial charge on any atom is 0.239 e. The quantitative estimate of drug-likeness (QED) is 0.407. The van der Waals surface area contributed by atoms with Gasteiger partial charge in [-0.2, -0.15) is 0 Å². The van der Waals surface area contributed by atoms with Gasteiger partial charge in [-0.25, -0.2) is 0 Å². The van der Waals surface area contributed by atoms with Crippen LogP contribution in [-0.4, -0.2) is 36.3 Å². The molecule has 0 bridgehead atoms. The van der Waals surface area contributed by atoms with E-state index in [1.54, 1.807) is 4.90 Å². The van der Waals surface area contributed by atoms with Crippen molar-refractivity contribution in [1.82, 2.24) is 10.2 Å². The fourth-order valence-electron chi connectivity index (χ4n) is 1.09. The molecule has 0 aromatic rings. The van der Waals surface area contributed by atoms with Crippen LogP contribution in [0.1, 0.15) is 13.3 Å². The Morgan fingerprint density at radius 3 is 3.09 bits per heavy atom. The van der Waals surface area contributed by atoms with Gasteiger partial charge in [-0.1, -0.05) is 6.92 Å². The van der Waals surface area contributed by atoms with E-state index in [0.29, 0.717) is 25.3 Å². The number of amides is 1. The van der Waals surface area contributed by atoms with Gasteiger partial charge in [0.15, 0.2) is 0 Å². The zero-order chi connectivity index (χ0) is 8.27. The summed E-state index contributed by atoms with van der Waals surface area (Å²) in [7, 11) is 0. The first-order chi connectivity index (χ1) is 5.24. The molecular formula is C7H13N3O. The summed E-state index contributed by atoms with van der Waals surface area (Å²) in [5.74, 6) is 0.578. The third-order valence-electron chi connectivity index (χ3n) is 1.75. The van der Waals surface area contributed by atoms with Crippen LogP contribution >= 0.6 is 0 Å². The van der Waals surface area contributed by atoms with Crippen molar-refractivity contribution in [2.24, 2.45) is 0 Å². The van der Waals surface area contributed by atoms with Crippen LogP contribution in [0.15, 0.2) is 0 Å². The van der Waals surface area contributed by atoms with Gasteiger partial charge in [-0.3, -0.25) is 10.2 Å². The van der Waals surface area contributed by atoms with Crippen LogP contribution in [-0.2, 0) is 4.79 Å². The number of hydrogen-bond acceptors (Lipinski definition) is 2. The molecule has 1 fully saturated rings. The van der Waals surface area contributed by atoms with Gasteiger partial charge in [0.1, 0.15) is 0 Å². The maximum absolute atomic E-state index is 10.8. The van der Waals surface area contributed by atoms with Gasteiger partial charge < -0.3 is 10.2 Å². The number of carbonyl (C=O) groups is 1. The number of carbonyl (C=O) groups excluding carboxylic acids is 1. The Kier molecular flexibility index (Phi) is 2.46. The minimum Gasteiger partial charge on any atom is -0.353 e. The molecule has 1 heterocycles. The van der Waals surface area contributed by atoms with E-state index in [-0.39, 0.29) is 5.91 Å². The molecule has 1 aliphatic rings. The van der Waals surface area contributed by atoms with Crippen LogP contribution in [0.5, 0.6) is 0 Å². The third kappa shape index (κ3) is 1.93. The molecule has 0 spiro atoms. The zero-order valence-corrected chi connectivity index (χ0v) is 6.68. The Balaban J connectivity index is 2.45. The minimum absolute atomic E-state index is 0.0226. The van der Waals surface area contributed by atoms with Crippen molar-refractivity contribution < 1.29 is 4.79 Å². The van der Waals surface area contributed by atoms with Gasteiger partial charge in [0.05, 0.1) is 12.4 Å². The molecule has 62 valence electrons. The number of nitrogens with zero attached hydrogens (tertiary/aromatic N) is 1. The molecule has 0 radical (unpaired) electrons. The first-order valence-electron chi connectivity index (χ1n) is 3.83. The smallest absolute Gasteiger partial charge is 0.239 e. The van der Waals surface area contributed by atoms with E-state index in [2.05, 4.69) is 5.32 Å². The molecular weight excluding hydrogens is 142 g/mol. The summed E-state index contributed by atoms with van der Waals surface area (Å²) in [5.41, 5.74) is 0. The second-order valence-electron chi connectivity index (χ2n) is 2.57. The summed E-state index contributed by atoms with van der Waals surface area (Å²) in [6.45, 7) is 3.72. The van der Waals surface area contributed by atoms with Gasteiger partial charge in [0.2, 0.25) is 5.91 Å². The highest BCUT2D eigenvalue weighted by Gasteiger charge is 2.16. The van der Waals surface area contributed by atoms with Crippen LogP contribution in [0.3, 0.4) is 0 Å². The van der Waals surface area contributed by atoms with Crippen LogP contribution < -0.4 is 5.32 Å². The van der Waals surface area contributed by atoms with Gasteiger partial charge >= 0.3 is 0 Å². The standard InChI is InChI=1S/C7H13N3O/c1-2-6(8)10-4-3-9-7(11)5-10/h8H,2-5H2,1H3,(H,9,11). The van der Waals surface area contributed by atoms with E-state index in [9.17, 15) is 4.79 Å². The molecule has 1 rings (SSSR count). The maximum atomic E-state index is 10.8. The molecule has 0 saturated carbocycles. The van der Waals surface area contributed by atoms with Gasteiger partial charge in [0.25, 0.3) is 0 Å². The van der Waals surface area contributed by atoms with Crippen molar-refractivity contribution in [3.05, 3.63) is 0 Å². The number of hydrogen-bond donors (Lipinski definition) is 2. The molecule has 4 heteroatoms. The van der Waals surface area contributed by atoms with Crippen LogP contribution in [0.2, 0.25) is 0 Å². The Hall–Kier alpha value is -1.06. The molecule has 4 nitrogen and oxygen atoms in total. The number of piperazine rings is 1. The molecule has 0 aliphatic carbocycles. The molecule has 11 heavy (non-hydrogen) atoms. The molecule has 0 aromatic carbocycles. The second-order valence-corrected chi connectivity index (χ2v) is 2.57. The summed E-state index contributed by atoms with van der Waals surface area (Å²) >= 11 is 0. The van der Waals surface area contributed by atoms with Crippen molar-refractivity contribution in [3.8, 4) is 0 Å². The summed E-state index contributed by atoms with van der Waals surface area (Å²) in [4.78, 5) is 12.6. The Labute approximate surface area is 66.1 Å². The summed E-state index contributed by atoms with van der Waals surface area (Å²) in [5, 5.41) is 10.2. The average Bonchev–Trinajstić information content (AvgIpc) is 2.03. The van der Waals surface area contributed by atoms with Crippen molar-refractivity contribution in [1.29, 1.82) is 5.41 Å². The summed E-state index contributed by atoms with van der Waals surface area (Å²) in [6, 6.07) is 0. The second kappa shape index (κ2) is 3.37. The number of amidine groups is 1. The van der Waals surface area contributed by atoms with E-state index in [1.165, 1.54) is 0 Å². The third-order valence-corrected chi connectivity index (χ3v) is 1.75. The number of rotatable bonds is 1. The lowest BCUT2D eigenvalue weighted by Gasteiger charge is -2.28. The van der Waals surface area contributed by atoms with Crippen LogP contribution in [0.25, 0.3) is 0 Å². The minimum atomic E-state index is 0.0226. The Bertz CT molecular complexity index is 179. The summed E-state index contributed by atoms with van der Waals surface area (Å²) in [6.07, 6.45) is 0.702. The van der Waals surface area contributed by atoms with E-state index in [1.807, 2.05) is 6.92 Å². The number of nitrogens with one attached hydrogen (secondary N) is 2. The predicted molar refractivity (Wildman–Crippen MR) is 42.6 cm³/mol. The first-order valence-corrected chi connectivity index (χ1v) is 3.83. The first kappa shape index (κ1) is 8.04. The largest absolute Gasteiger partial charge is 0.353 e. The fraction of sp³-hybridized carbons (Fsp3) is 0.714. The van der Waals surface area contributed by atoms with E-state index < -0.39 is 0 Å². The van der Waals surface area contributed by atoms with Crippen molar-refractivity contribution >= 4 is 11.7 Å². The molecule has 0 aromatic heterocycles. The fourth-order valence-corrected chi connectivity index (χ4v) is 1.09. The van der Waals surface area contributed by atoms with Gasteiger partial charge in [0, 0.05) is 19.5 Å². The van der Waals surface area contributed by atoms with Crippen LogP contribution in [0, 0.1) is 5.41 Å². The lowest BCUT2D eigenvalue weighted by Crippen LogP contribution is -2.49. The predicted octanol–water partition coefficient (Wildman–Crippen LogP) is -0.195. The Morgan fingerprint density at radius 1 is 1.82 bits per heavy atom. The highest BCUT2D eigenvalue weighted by molar-refractivity contribution is 5.86. The molecule has 0 unspecified atom stereocenters. The van der Waals surface area contributed by atoms with Crippen molar-refractivity contribution in [2.75, 3.05) is 19.6 Å². The van der Waals surface area contributed by atoms with E-state index in [4.69, 9.17) is 5.41 Å². The molecule has 0 atom stereocenters. The summed E-state index contributed by atoms with van der Waals surface area (Å²) < 4.78 is 0. The topological polar surface area (TPSA) is 56.2 Å². The Morgan fingerprint density at radius 2 is 2.55 bits per heavy atom. The highest BCUT2D eigenvalue weighted by atomic mass is 16.2. The average molecular weight is 155 g/mol. The monoisotopic (exact) mass is 155 g/mol. The van der Waals surface area contributed by atoms with Crippen molar-refractivity contribution in [2.45, 2.75) is 13.3 Å². The van der Waals surface area contributed by atoms with E-state index in [0.717, 1.165) is 6.54 Å². The van der Waals surface area contributed by atoms with E-state index >= 15 is 0 Å². The lowest BCUT2D eigenvalue weighted by molar-refractivity contribution is -0.122. The molecule has 1 saturated heterocycles. The SMILES string of the molecule is CCC(=N)N1CCNC(=O)C1. The van der Waals surface area contributed by atoms with Crippen molar-refractivity contribution in [3.63, 3.8) is 0 Å². The molecule has 2 N–H and O–H groups in total. The van der Waals surface area contributed by atoms with Crippen LogP contribution in [0.4, 0.5) is 0 Å². The lowest BCUT2D eigenvalue weighted by atomic mass is 10.3. The molecule has 1 amide bonds.